The van der Waals surface area contributed by atoms with Crippen molar-refractivity contribution < 1.29 is 47.6 Å². The number of benzene rings is 2. The number of methoxy groups -OCH3 is 2. The first-order valence-electron chi connectivity index (χ1n) is 22.7. The number of aromatic nitrogens is 3. The number of amides is 4. The number of hydrazone groups is 1. The highest BCUT2D eigenvalue weighted by atomic mass is 16.7. The number of H-pyrrole nitrogens is 1. The Bertz CT molecular complexity index is 2480. The Morgan fingerprint density at radius 3 is 2.42 bits per heavy atom. The molecule has 2 aliphatic carbocycles. The molecule has 5 heterocycles. The minimum Gasteiger partial charge on any atom is -0.493 e. The predicted octanol–water partition coefficient (Wildman–Crippen LogP) is 5.97. The summed E-state index contributed by atoms with van der Waals surface area (Å²) in [7, 11) is 3.19. The number of likely N-dealkylation sites (tertiary alicyclic amines) is 1. The number of carbonyl (C=O) groups is 4. The summed E-state index contributed by atoms with van der Waals surface area (Å²) in [4.78, 5) is 68.8. The zero-order chi connectivity index (χ0) is 45.2. The average Bonchev–Trinajstić information content (AvgIpc) is 3.88. The van der Waals surface area contributed by atoms with Gasteiger partial charge in [-0.05, 0) is 95.0 Å². The first-order valence-corrected chi connectivity index (χ1v) is 22.7. The van der Waals surface area contributed by atoms with E-state index in [2.05, 4.69) is 25.6 Å². The molecule has 2 aromatic heterocycles. The fraction of sp³-hybridized carbons (Fsp3) is 0.511. The third-order valence-corrected chi connectivity index (χ3v) is 12.9. The number of rotatable bonds is 15. The summed E-state index contributed by atoms with van der Waals surface area (Å²) < 4.78 is 34.7. The minimum absolute atomic E-state index is 0.00348. The van der Waals surface area contributed by atoms with Crippen LogP contribution in [-0.4, -0.2) is 113 Å². The van der Waals surface area contributed by atoms with E-state index in [0.717, 1.165) is 49.8 Å². The highest BCUT2D eigenvalue weighted by molar-refractivity contribution is 6.07. The van der Waals surface area contributed by atoms with E-state index in [4.69, 9.17) is 33.5 Å². The Morgan fingerprint density at radius 2 is 1.66 bits per heavy atom. The van der Waals surface area contributed by atoms with Crippen LogP contribution >= 0.6 is 0 Å². The van der Waals surface area contributed by atoms with Crippen LogP contribution in [0.1, 0.15) is 83.6 Å². The molecular weight excluding hydrogens is 837 g/mol. The van der Waals surface area contributed by atoms with Gasteiger partial charge in [0.2, 0.25) is 24.5 Å². The average molecular weight is 893 g/mol. The largest absolute Gasteiger partial charge is 0.493 e. The monoisotopic (exact) mass is 892 g/mol. The zero-order valence-corrected chi connectivity index (χ0v) is 37.2. The van der Waals surface area contributed by atoms with E-state index in [-0.39, 0.29) is 67.0 Å². The lowest BCUT2D eigenvalue weighted by Gasteiger charge is -2.43. The van der Waals surface area contributed by atoms with Gasteiger partial charge in [-0.25, -0.2) is 19.8 Å². The van der Waals surface area contributed by atoms with Crippen LogP contribution in [0.5, 0.6) is 34.5 Å². The highest BCUT2D eigenvalue weighted by Crippen LogP contribution is 2.49. The fourth-order valence-electron chi connectivity index (χ4n) is 9.42. The molecule has 2 aromatic carbocycles. The highest BCUT2D eigenvalue weighted by Gasteiger charge is 2.44. The number of nitrogens with zero attached hydrogens (tertiary/aromatic N) is 5. The lowest BCUT2D eigenvalue weighted by Crippen LogP contribution is -2.55. The third kappa shape index (κ3) is 9.20. The van der Waals surface area contributed by atoms with Gasteiger partial charge in [-0.2, -0.15) is 5.10 Å². The van der Waals surface area contributed by atoms with Gasteiger partial charge < -0.3 is 48.9 Å². The summed E-state index contributed by atoms with van der Waals surface area (Å²) >= 11 is 0. The van der Waals surface area contributed by atoms with E-state index in [1.54, 1.807) is 30.2 Å². The maximum Gasteiger partial charge on any atom is 0.413 e. The molecule has 4 amide bonds. The van der Waals surface area contributed by atoms with E-state index in [1.165, 1.54) is 12.5 Å². The van der Waals surface area contributed by atoms with Crippen LogP contribution in [0.4, 0.5) is 4.79 Å². The van der Waals surface area contributed by atoms with E-state index in [9.17, 15) is 19.2 Å². The molecular formula is C47H56N8O10. The minimum atomic E-state index is -1.09. The van der Waals surface area contributed by atoms with Crippen molar-refractivity contribution in [2.45, 2.75) is 96.2 Å². The van der Waals surface area contributed by atoms with Crippen molar-refractivity contribution in [2.75, 3.05) is 40.7 Å². The van der Waals surface area contributed by atoms with Crippen molar-refractivity contribution in [1.29, 1.82) is 0 Å². The van der Waals surface area contributed by atoms with E-state index in [0.29, 0.717) is 89.5 Å². The summed E-state index contributed by atoms with van der Waals surface area (Å²) in [5.41, 5.74) is 3.61. The molecule has 0 unspecified atom stereocenters. The van der Waals surface area contributed by atoms with E-state index in [1.807, 2.05) is 38.1 Å². The maximum atomic E-state index is 14.3. The van der Waals surface area contributed by atoms with Crippen molar-refractivity contribution >= 4 is 40.6 Å². The lowest BCUT2D eigenvalue weighted by atomic mass is 9.73. The molecule has 65 heavy (non-hydrogen) atoms. The van der Waals surface area contributed by atoms with Crippen LogP contribution in [0, 0.1) is 17.8 Å². The first kappa shape index (κ1) is 43.7. The molecule has 3 N–H and O–H groups in total. The number of fused-ring (bicyclic) bond motifs is 3. The molecule has 0 spiro atoms. The third-order valence-electron chi connectivity index (χ3n) is 12.9. The van der Waals surface area contributed by atoms with Gasteiger partial charge in [-0.3, -0.25) is 14.4 Å². The molecule has 3 fully saturated rings. The molecule has 1 saturated heterocycles. The normalized spacial score (nSPS) is 20.0. The molecule has 5 aliphatic rings. The summed E-state index contributed by atoms with van der Waals surface area (Å²) in [6.45, 7) is 4.96. The second kappa shape index (κ2) is 18.9. The quantitative estimate of drug-likeness (QED) is 0.126. The van der Waals surface area contributed by atoms with Crippen molar-refractivity contribution in [2.24, 2.45) is 22.9 Å². The Balaban J connectivity index is 0.909. The Labute approximate surface area is 376 Å². The number of ether oxygens (including phenoxy) is 6. The number of aromatic amines is 1. The number of hydrogen-bond acceptors (Lipinski definition) is 13. The topological polar surface area (TPSA) is 208 Å². The standard InChI is InChI=1S/C47H56N8O10/c1-26(2)51-38(56)16-12-32(52-47(59)65-37-22-48-43-41(37)49-24-50-42(43)39-34(62-23-27-9-10-27)14-15-35-44(39)64-25-63-35)46(58)54-19-17-29(18-20-54)55-45(57)31-8-6-5-7-30(31)40(53-55)28-11-13-33(60-3)36(21-28)61-4/h11,13-15,21-22,24,26-27,29-32,48H,5-10,12,16-20,23,25H2,1-4H3,(H,51,56)(H,52,59)/t30-,31+,32+/m0/s1. The molecule has 3 aliphatic heterocycles. The molecule has 3 atom stereocenters. The van der Waals surface area contributed by atoms with Gasteiger partial charge in [-0.15, -0.1) is 0 Å². The lowest BCUT2D eigenvalue weighted by molar-refractivity contribution is -0.143. The van der Waals surface area contributed by atoms with Crippen molar-refractivity contribution in [3.8, 4) is 45.8 Å². The molecule has 0 radical (unpaired) electrons. The second-order valence-electron chi connectivity index (χ2n) is 17.7. The van der Waals surface area contributed by atoms with Gasteiger partial charge in [0.15, 0.2) is 28.7 Å². The van der Waals surface area contributed by atoms with Gasteiger partial charge in [0.05, 0.1) is 43.7 Å². The van der Waals surface area contributed by atoms with Gasteiger partial charge in [0.25, 0.3) is 0 Å². The number of piperidine rings is 1. The van der Waals surface area contributed by atoms with Crippen LogP contribution in [0.25, 0.3) is 22.3 Å². The van der Waals surface area contributed by atoms with Crippen LogP contribution in [0.3, 0.4) is 0 Å². The predicted molar refractivity (Wildman–Crippen MR) is 237 cm³/mol. The van der Waals surface area contributed by atoms with Gasteiger partial charge in [0.1, 0.15) is 29.3 Å². The molecule has 18 nitrogen and oxygen atoms in total. The summed E-state index contributed by atoms with van der Waals surface area (Å²) in [5.74, 6) is 2.69. The molecule has 18 heteroatoms. The van der Waals surface area contributed by atoms with Crippen molar-refractivity contribution in [1.82, 2.24) is 35.5 Å². The molecule has 4 aromatic rings. The second-order valence-corrected chi connectivity index (χ2v) is 17.7. The summed E-state index contributed by atoms with van der Waals surface area (Å²) in [5, 5.41) is 12.3. The molecule has 0 bridgehead atoms. The van der Waals surface area contributed by atoms with E-state index < -0.39 is 12.1 Å². The summed E-state index contributed by atoms with van der Waals surface area (Å²) in [6.07, 6.45) is 8.87. The Hall–Kier alpha value is -6.59. The van der Waals surface area contributed by atoms with Crippen LogP contribution in [-0.2, 0) is 14.4 Å². The van der Waals surface area contributed by atoms with Gasteiger partial charge in [-0.1, -0.05) is 12.8 Å². The van der Waals surface area contributed by atoms with Crippen LogP contribution in [0.15, 0.2) is 48.0 Å². The fourth-order valence-corrected chi connectivity index (χ4v) is 9.42. The summed E-state index contributed by atoms with van der Waals surface area (Å²) in [6, 6.07) is 7.96. The Morgan fingerprint density at radius 1 is 0.892 bits per heavy atom. The Kier molecular flexibility index (Phi) is 12.7. The molecule has 344 valence electrons. The first-order chi connectivity index (χ1) is 31.6. The smallest absolute Gasteiger partial charge is 0.413 e. The SMILES string of the molecule is COc1ccc(C2=NN(C3CCN(C(=O)[C@@H](CCC(=O)NC(C)C)NC(=O)Oc4c[nH]c5c(-c6c(OCC7CC7)ccc7c6OCO7)ncnc45)CC3)C(=O)[C@@H]3CCCC[C@H]23)cc1OC. The zero-order valence-electron chi connectivity index (χ0n) is 37.2. The number of hydrogen-bond donors (Lipinski definition) is 3. The van der Waals surface area contributed by atoms with Crippen LogP contribution < -0.4 is 39.1 Å². The van der Waals surface area contributed by atoms with Crippen molar-refractivity contribution in [3.05, 3.63) is 48.4 Å². The molecule has 2 saturated carbocycles. The molecule has 9 rings (SSSR count). The van der Waals surface area contributed by atoms with Gasteiger partial charge in [0, 0.05) is 49.1 Å². The maximum absolute atomic E-state index is 14.3. The number of carbonyl (C=O) groups excluding carboxylic acids is 4. The van der Waals surface area contributed by atoms with E-state index >= 15 is 0 Å². The van der Waals surface area contributed by atoms with Crippen LogP contribution in [0.2, 0.25) is 0 Å². The van der Waals surface area contributed by atoms with Crippen molar-refractivity contribution in [3.63, 3.8) is 0 Å². The number of nitrogens with one attached hydrogen (secondary N) is 3. The van der Waals surface area contributed by atoms with Gasteiger partial charge >= 0.3 is 6.09 Å².